The predicted octanol–water partition coefficient (Wildman–Crippen LogP) is 3.84. The van der Waals surface area contributed by atoms with Crippen molar-refractivity contribution in [2.45, 2.75) is 30.9 Å². The molecule has 0 fully saturated rings. The first-order valence-corrected chi connectivity index (χ1v) is 11.5. The van der Waals surface area contributed by atoms with Gasteiger partial charge in [-0.1, -0.05) is 49.7 Å². The molecule has 9 heteroatoms. The highest BCUT2D eigenvalue weighted by molar-refractivity contribution is 7.89. The van der Waals surface area contributed by atoms with Gasteiger partial charge in [-0.15, -0.1) is 0 Å². The lowest BCUT2D eigenvalue weighted by atomic mass is 10.1. The molecule has 0 aliphatic rings. The first kappa shape index (κ1) is 21.1. The first-order valence-electron chi connectivity index (χ1n) is 7.92. The highest BCUT2D eigenvalue weighted by atomic mass is 35.5. The van der Waals surface area contributed by atoms with E-state index < -0.39 is 23.4 Å². The van der Waals surface area contributed by atoms with Crippen LogP contribution >= 0.6 is 19.2 Å². The van der Waals surface area contributed by atoms with Gasteiger partial charge in [0.25, 0.3) is 0 Å². The van der Waals surface area contributed by atoms with Gasteiger partial charge in [-0.2, -0.15) is 4.72 Å². The predicted molar refractivity (Wildman–Crippen MR) is 102 cm³/mol. The Hall–Kier alpha value is -1.21. The van der Waals surface area contributed by atoms with Crippen LogP contribution in [-0.2, 0) is 14.6 Å². The number of hydrogen-bond donors (Lipinski definition) is 3. The Bertz CT molecular complexity index is 892. The summed E-state index contributed by atoms with van der Waals surface area (Å²) in [6.45, 7) is 3.52. The average molecular weight is 418 g/mol. The van der Waals surface area contributed by atoms with Crippen LogP contribution in [0.3, 0.4) is 0 Å². The van der Waals surface area contributed by atoms with Crippen LogP contribution in [0.25, 0.3) is 11.1 Å². The fraction of sp³-hybridized carbons (Fsp3) is 0.294. The second-order valence-corrected chi connectivity index (χ2v) is 10.3. The van der Waals surface area contributed by atoms with Crippen molar-refractivity contribution in [3.8, 4) is 11.1 Å². The molecule has 1 unspecified atom stereocenters. The van der Waals surface area contributed by atoms with E-state index in [0.29, 0.717) is 5.02 Å². The van der Waals surface area contributed by atoms with Crippen molar-refractivity contribution in [1.29, 1.82) is 0 Å². The minimum atomic E-state index is -4.61. The molecule has 2 aromatic rings. The van der Waals surface area contributed by atoms with Crippen molar-refractivity contribution in [2.75, 3.05) is 0 Å². The van der Waals surface area contributed by atoms with Crippen LogP contribution in [0.1, 0.15) is 20.3 Å². The average Bonchev–Trinajstić information content (AvgIpc) is 2.53. The summed E-state index contributed by atoms with van der Waals surface area (Å²) in [4.78, 5) is 18.8. The van der Waals surface area contributed by atoms with Gasteiger partial charge in [0.05, 0.1) is 4.90 Å². The van der Waals surface area contributed by atoms with Gasteiger partial charge in [0.1, 0.15) is 5.78 Å². The molecule has 142 valence electrons. The summed E-state index contributed by atoms with van der Waals surface area (Å²) in [6.07, 6.45) is 0.0341. The molecule has 2 aromatic carbocycles. The van der Waals surface area contributed by atoms with Crippen LogP contribution in [0.5, 0.6) is 0 Å². The Kier molecular flexibility index (Phi) is 6.66. The van der Waals surface area contributed by atoms with E-state index in [9.17, 15) is 22.8 Å². The van der Waals surface area contributed by atoms with Crippen LogP contribution in [-0.4, -0.2) is 24.0 Å². The zero-order valence-corrected chi connectivity index (χ0v) is 16.8. The Morgan fingerprint density at radius 1 is 1.00 bits per heavy atom. The van der Waals surface area contributed by atoms with Crippen molar-refractivity contribution < 1.29 is 22.8 Å². The van der Waals surface area contributed by atoms with Gasteiger partial charge in [-0.3, -0.25) is 4.57 Å². The topological polar surface area (TPSA) is 104 Å². The molecule has 0 saturated heterocycles. The first-order chi connectivity index (χ1) is 12.0. The molecule has 1 atom stereocenters. The molecule has 0 heterocycles. The molecule has 3 N–H and O–H groups in total. The quantitative estimate of drug-likeness (QED) is 0.594. The molecule has 0 aliphatic heterocycles. The van der Waals surface area contributed by atoms with Gasteiger partial charge in [-0.25, -0.2) is 8.42 Å². The fourth-order valence-corrected chi connectivity index (χ4v) is 5.29. The van der Waals surface area contributed by atoms with Gasteiger partial charge in [0.2, 0.25) is 10.0 Å². The molecule has 0 saturated carbocycles. The summed E-state index contributed by atoms with van der Waals surface area (Å²) < 4.78 is 38.7. The summed E-state index contributed by atoms with van der Waals surface area (Å²) in [7, 11) is -8.67. The largest absolute Gasteiger partial charge is 0.343 e. The number of benzene rings is 2. The number of hydrogen-bond acceptors (Lipinski definition) is 3. The second kappa shape index (κ2) is 8.21. The van der Waals surface area contributed by atoms with Crippen molar-refractivity contribution in [3.63, 3.8) is 0 Å². The molecule has 0 amide bonds. The molecule has 0 bridgehead atoms. The zero-order valence-electron chi connectivity index (χ0n) is 14.3. The molecule has 0 aliphatic carbocycles. The Morgan fingerprint density at radius 3 is 1.88 bits per heavy atom. The lowest BCUT2D eigenvalue weighted by Crippen LogP contribution is -2.35. The SMILES string of the molecule is CC(C)CC(NS(=O)(=O)c1ccc(-c2ccc(Cl)cc2)cc1)P(=O)(O)O. The van der Waals surface area contributed by atoms with Crippen molar-refractivity contribution >= 4 is 29.2 Å². The molecule has 0 spiro atoms. The monoisotopic (exact) mass is 417 g/mol. The summed E-state index contributed by atoms with van der Waals surface area (Å²) >= 11 is 5.85. The van der Waals surface area contributed by atoms with E-state index in [-0.39, 0.29) is 17.2 Å². The van der Waals surface area contributed by atoms with E-state index in [1.54, 1.807) is 38.1 Å². The van der Waals surface area contributed by atoms with Gasteiger partial charge in [0, 0.05) is 5.02 Å². The van der Waals surface area contributed by atoms with Crippen molar-refractivity contribution in [3.05, 3.63) is 53.6 Å². The Labute approximate surface area is 158 Å². The smallest absolute Gasteiger partial charge is 0.323 e. The maximum Gasteiger partial charge on any atom is 0.343 e. The van der Waals surface area contributed by atoms with E-state index in [0.717, 1.165) is 11.1 Å². The van der Waals surface area contributed by atoms with Crippen LogP contribution < -0.4 is 4.72 Å². The minimum absolute atomic E-state index is 0.0341. The zero-order chi connectivity index (χ0) is 19.5. The van der Waals surface area contributed by atoms with E-state index in [1.807, 2.05) is 12.1 Å². The summed E-state index contributed by atoms with van der Waals surface area (Å²) in [5.41, 5.74) is 1.67. The van der Waals surface area contributed by atoms with Gasteiger partial charge < -0.3 is 9.79 Å². The molecular formula is C17H21ClNO5PS. The summed E-state index contributed by atoms with van der Waals surface area (Å²) in [5, 5.41) is 0.603. The lowest BCUT2D eigenvalue weighted by molar-refractivity contribution is 0.341. The van der Waals surface area contributed by atoms with Crippen molar-refractivity contribution in [1.82, 2.24) is 4.72 Å². The third kappa shape index (κ3) is 5.64. The minimum Gasteiger partial charge on any atom is -0.323 e. The standard InChI is InChI=1S/C17H21ClNO5PS/c1-12(2)11-17(25(20,21)22)19-26(23,24)16-9-5-14(6-10-16)13-3-7-15(18)8-4-13/h3-10,12,17,19H,11H2,1-2H3,(H2,20,21,22). The molecule has 26 heavy (non-hydrogen) atoms. The number of rotatable bonds is 7. The van der Waals surface area contributed by atoms with Gasteiger partial charge in [0.15, 0.2) is 0 Å². The molecule has 6 nitrogen and oxygen atoms in total. The van der Waals surface area contributed by atoms with Crippen LogP contribution in [0.15, 0.2) is 53.4 Å². The number of sulfonamides is 1. The summed E-state index contributed by atoms with van der Waals surface area (Å²) in [6, 6.07) is 13.2. The lowest BCUT2D eigenvalue weighted by Gasteiger charge is -2.21. The third-order valence-corrected chi connectivity index (χ3v) is 6.80. The van der Waals surface area contributed by atoms with Crippen LogP contribution in [0.4, 0.5) is 0 Å². The Morgan fingerprint density at radius 2 is 1.46 bits per heavy atom. The second-order valence-electron chi connectivity index (χ2n) is 6.39. The van der Waals surface area contributed by atoms with E-state index in [4.69, 9.17) is 11.6 Å². The normalized spacial score (nSPS) is 13.8. The van der Waals surface area contributed by atoms with Crippen LogP contribution in [0, 0.1) is 5.92 Å². The molecular weight excluding hydrogens is 397 g/mol. The Balaban J connectivity index is 2.25. The van der Waals surface area contributed by atoms with E-state index >= 15 is 0 Å². The number of halogens is 1. The maximum absolute atomic E-state index is 12.5. The highest BCUT2D eigenvalue weighted by Gasteiger charge is 2.33. The number of nitrogens with one attached hydrogen (secondary N) is 1. The van der Waals surface area contributed by atoms with Gasteiger partial charge >= 0.3 is 7.60 Å². The van der Waals surface area contributed by atoms with E-state index in [2.05, 4.69) is 4.72 Å². The molecule has 0 aromatic heterocycles. The van der Waals surface area contributed by atoms with Crippen LogP contribution in [0.2, 0.25) is 5.02 Å². The fourth-order valence-electron chi connectivity index (χ4n) is 2.42. The third-order valence-electron chi connectivity index (χ3n) is 3.73. The van der Waals surface area contributed by atoms with Crippen molar-refractivity contribution in [2.24, 2.45) is 5.92 Å². The summed E-state index contributed by atoms with van der Waals surface area (Å²) in [5.74, 6) is -1.54. The molecule has 0 radical (unpaired) electrons. The van der Waals surface area contributed by atoms with Gasteiger partial charge in [-0.05, 0) is 47.7 Å². The highest BCUT2D eigenvalue weighted by Crippen LogP contribution is 2.43. The molecule has 2 rings (SSSR count). The maximum atomic E-state index is 12.5. The van der Waals surface area contributed by atoms with E-state index in [1.165, 1.54) is 12.1 Å².